The number of aliphatic hydroxyl groups is 1. The van der Waals surface area contributed by atoms with Gasteiger partial charge < -0.3 is 20.1 Å². The van der Waals surface area contributed by atoms with E-state index in [4.69, 9.17) is 20.1 Å². The number of aliphatic hydroxyl groups excluding tert-OH is 1. The van der Waals surface area contributed by atoms with Crippen LogP contribution in [0, 0.1) is 0 Å². The second kappa shape index (κ2) is 5.38. The number of aromatic nitrogens is 2. The lowest BCUT2D eigenvalue weighted by Gasteiger charge is -2.20. The van der Waals surface area contributed by atoms with Crippen LogP contribution in [0.1, 0.15) is 37.0 Å². The zero-order valence-corrected chi connectivity index (χ0v) is 9.13. The molecule has 6 nitrogen and oxygen atoms in total. The summed E-state index contributed by atoms with van der Waals surface area (Å²) >= 11 is 0. The SMILES string of the molecule is N[C@@H](CO)c1nc(CC2CCCCO2)no1. The van der Waals surface area contributed by atoms with Crippen molar-refractivity contribution >= 4 is 0 Å². The third-order valence-electron chi connectivity index (χ3n) is 2.68. The van der Waals surface area contributed by atoms with Gasteiger partial charge in [-0.05, 0) is 19.3 Å². The molecule has 0 amide bonds. The quantitative estimate of drug-likeness (QED) is 0.761. The standard InChI is InChI=1S/C10H17N3O3/c11-8(6-14)10-12-9(13-16-10)5-7-3-1-2-4-15-7/h7-8,14H,1-6,11H2/t7?,8-/m0/s1. The van der Waals surface area contributed by atoms with Crippen LogP contribution < -0.4 is 5.73 Å². The van der Waals surface area contributed by atoms with Gasteiger partial charge in [-0.3, -0.25) is 0 Å². The maximum Gasteiger partial charge on any atom is 0.245 e. The van der Waals surface area contributed by atoms with Gasteiger partial charge in [-0.15, -0.1) is 0 Å². The highest BCUT2D eigenvalue weighted by molar-refractivity contribution is 4.93. The molecule has 0 aliphatic carbocycles. The third kappa shape index (κ3) is 2.78. The van der Waals surface area contributed by atoms with Gasteiger partial charge in [-0.25, -0.2) is 0 Å². The molecule has 2 heterocycles. The smallest absolute Gasteiger partial charge is 0.245 e. The van der Waals surface area contributed by atoms with Crippen molar-refractivity contribution in [2.75, 3.05) is 13.2 Å². The van der Waals surface area contributed by atoms with E-state index in [1.165, 1.54) is 6.42 Å². The van der Waals surface area contributed by atoms with Gasteiger partial charge in [0.05, 0.1) is 12.7 Å². The van der Waals surface area contributed by atoms with Crippen molar-refractivity contribution in [1.29, 1.82) is 0 Å². The number of nitrogens with zero attached hydrogens (tertiary/aromatic N) is 2. The van der Waals surface area contributed by atoms with Gasteiger partial charge in [0.25, 0.3) is 0 Å². The lowest BCUT2D eigenvalue weighted by Crippen LogP contribution is -2.22. The molecule has 0 aromatic carbocycles. The van der Waals surface area contributed by atoms with E-state index < -0.39 is 6.04 Å². The highest BCUT2D eigenvalue weighted by atomic mass is 16.5. The predicted molar refractivity (Wildman–Crippen MR) is 55.6 cm³/mol. The average Bonchev–Trinajstić information content (AvgIpc) is 2.78. The van der Waals surface area contributed by atoms with Crippen molar-refractivity contribution in [3.8, 4) is 0 Å². The molecule has 0 bridgehead atoms. The van der Waals surface area contributed by atoms with Gasteiger partial charge in [0.2, 0.25) is 5.89 Å². The number of rotatable bonds is 4. The molecule has 2 atom stereocenters. The van der Waals surface area contributed by atoms with E-state index >= 15 is 0 Å². The molecule has 0 radical (unpaired) electrons. The maximum atomic E-state index is 8.84. The maximum absolute atomic E-state index is 8.84. The van der Waals surface area contributed by atoms with Gasteiger partial charge >= 0.3 is 0 Å². The minimum Gasteiger partial charge on any atom is -0.394 e. The fourth-order valence-electron chi connectivity index (χ4n) is 1.75. The van der Waals surface area contributed by atoms with Crippen LogP contribution in [0.4, 0.5) is 0 Å². The molecule has 1 fully saturated rings. The Hall–Kier alpha value is -0.980. The van der Waals surface area contributed by atoms with Crippen molar-refractivity contribution < 1.29 is 14.4 Å². The number of hydrogen-bond acceptors (Lipinski definition) is 6. The van der Waals surface area contributed by atoms with E-state index in [0.717, 1.165) is 19.4 Å². The largest absolute Gasteiger partial charge is 0.394 e. The minimum atomic E-state index is -0.589. The van der Waals surface area contributed by atoms with Crippen molar-refractivity contribution in [2.24, 2.45) is 5.73 Å². The molecule has 1 aliphatic heterocycles. The molecule has 1 aromatic heterocycles. The van der Waals surface area contributed by atoms with E-state index in [2.05, 4.69) is 10.1 Å². The first-order chi connectivity index (χ1) is 7.79. The summed E-state index contributed by atoms with van der Waals surface area (Å²) in [5.41, 5.74) is 5.56. The summed E-state index contributed by atoms with van der Waals surface area (Å²) in [6.45, 7) is 0.618. The topological polar surface area (TPSA) is 94.4 Å². The Morgan fingerprint density at radius 3 is 3.06 bits per heavy atom. The zero-order valence-electron chi connectivity index (χ0n) is 9.13. The van der Waals surface area contributed by atoms with Crippen molar-refractivity contribution in [2.45, 2.75) is 37.8 Å². The van der Waals surface area contributed by atoms with Crippen LogP contribution in [0.25, 0.3) is 0 Å². The highest BCUT2D eigenvalue weighted by Gasteiger charge is 2.19. The fraction of sp³-hybridized carbons (Fsp3) is 0.800. The molecular formula is C10H17N3O3. The fourth-order valence-corrected chi connectivity index (χ4v) is 1.75. The lowest BCUT2D eigenvalue weighted by atomic mass is 10.1. The molecule has 90 valence electrons. The van der Waals surface area contributed by atoms with Crippen LogP contribution in [0.5, 0.6) is 0 Å². The lowest BCUT2D eigenvalue weighted by molar-refractivity contribution is 0.0153. The first-order valence-electron chi connectivity index (χ1n) is 5.60. The third-order valence-corrected chi connectivity index (χ3v) is 2.68. The van der Waals surface area contributed by atoms with Crippen LogP contribution >= 0.6 is 0 Å². The molecule has 0 saturated carbocycles. The monoisotopic (exact) mass is 227 g/mol. The summed E-state index contributed by atoms with van der Waals surface area (Å²) < 4.78 is 10.5. The Bertz CT molecular complexity index is 323. The Morgan fingerprint density at radius 1 is 1.50 bits per heavy atom. The summed E-state index contributed by atoms with van der Waals surface area (Å²) in [6, 6.07) is -0.589. The molecule has 2 rings (SSSR count). The van der Waals surface area contributed by atoms with E-state index in [1.54, 1.807) is 0 Å². The molecule has 1 unspecified atom stereocenters. The van der Waals surface area contributed by atoms with Crippen molar-refractivity contribution in [1.82, 2.24) is 10.1 Å². The van der Waals surface area contributed by atoms with Crippen LogP contribution in [0.15, 0.2) is 4.52 Å². The van der Waals surface area contributed by atoms with Crippen LogP contribution in [-0.4, -0.2) is 34.6 Å². The van der Waals surface area contributed by atoms with Gasteiger partial charge in [-0.1, -0.05) is 5.16 Å². The van der Waals surface area contributed by atoms with Crippen LogP contribution in [-0.2, 0) is 11.2 Å². The molecule has 0 spiro atoms. The second-order valence-electron chi connectivity index (χ2n) is 4.03. The van der Waals surface area contributed by atoms with Crippen molar-refractivity contribution in [3.63, 3.8) is 0 Å². The molecular weight excluding hydrogens is 210 g/mol. The molecule has 1 aromatic rings. The van der Waals surface area contributed by atoms with E-state index in [-0.39, 0.29) is 18.6 Å². The first kappa shape index (κ1) is 11.5. The Morgan fingerprint density at radius 2 is 2.38 bits per heavy atom. The van der Waals surface area contributed by atoms with Crippen LogP contribution in [0.3, 0.4) is 0 Å². The predicted octanol–water partition coefficient (Wildman–Crippen LogP) is 0.173. The Labute approximate surface area is 93.8 Å². The molecule has 6 heteroatoms. The summed E-state index contributed by atoms with van der Waals surface area (Å²) in [5, 5.41) is 12.7. The van der Waals surface area contributed by atoms with Gasteiger partial charge in [0.1, 0.15) is 6.04 Å². The Kier molecular flexibility index (Phi) is 3.87. The summed E-state index contributed by atoms with van der Waals surface area (Å²) in [6.07, 6.45) is 4.19. The minimum absolute atomic E-state index is 0.185. The molecule has 1 saturated heterocycles. The zero-order chi connectivity index (χ0) is 11.4. The first-order valence-corrected chi connectivity index (χ1v) is 5.60. The number of nitrogens with two attached hydrogens (primary N) is 1. The normalized spacial score (nSPS) is 23.2. The Balaban J connectivity index is 1.91. The van der Waals surface area contributed by atoms with Crippen LogP contribution in [0.2, 0.25) is 0 Å². The highest BCUT2D eigenvalue weighted by Crippen LogP contribution is 2.16. The molecule has 1 aliphatic rings. The van der Waals surface area contributed by atoms with E-state index in [1.807, 2.05) is 0 Å². The number of ether oxygens (including phenoxy) is 1. The second-order valence-corrected chi connectivity index (χ2v) is 4.03. The van der Waals surface area contributed by atoms with E-state index in [0.29, 0.717) is 12.2 Å². The van der Waals surface area contributed by atoms with Gasteiger partial charge in [0.15, 0.2) is 5.82 Å². The molecule has 16 heavy (non-hydrogen) atoms. The summed E-state index contributed by atoms with van der Waals surface area (Å²) in [5.74, 6) is 0.888. The summed E-state index contributed by atoms with van der Waals surface area (Å²) in [4.78, 5) is 4.13. The van der Waals surface area contributed by atoms with Gasteiger partial charge in [0, 0.05) is 13.0 Å². The molecule has 3 N–H and O–H groups in total. The van der Waals surface area contributed by atoms with Gasteiger partial charge in [-0.2, -0.15) is 4.98 Å². The van der Waals surface area contributed by atoms with E-state index in [9.17, 15) is 0 Å². The summed E-state index contributed by atoms with van der Waals surface area (Å²) in [7, 11) is 0. The van der Waals surface area contributed by atoms with Crippen molar-refractivity contribution in [3.05, 3.63) is 11.7 Å². The average molecular weight is 227 g/mol. The number of hydrogen-bond donors (Lipinski definition) is 2.